The summed E-state index contributed by atoms with van der Waals surface area (Å²) in [6.07, 6.45) is 2.87. The molecule has 1 aromatic heterocycles. The van der Waals surface area contributed by atoms with E-state index in [4.69, 9.17) is 4.74 Å². The monoisotopic (exact) mass is 388 g/mol. The maximum Gasteiger partial charge on any atom is 0.211 e. The molecule has 2 aromatic rings. The van der Waals surface area contributed by atoms with Gasteiger partial charge >= 0.3 is 0 Å². The van der Waals surface area contributed by atoms with Crippen LogP contribution < -0.4 is 4.90 Å². The molecular formula is C19H24N4O3S. The first kappa shape index (κ1) is 18.3. The van der Waals surface area contributed by atoms with E-state index in [-0.39, 0.29) is 17.9 Å². The van der Waals surface area contributed by atoms with Crippen molar-refractivity contribution in [2.75, 3.05) is 37.9 Å². The first-order chi connectivity index (χ1) is 13.0. The first-order valence-electron chi connectivity index (χ1n) is 9.04. The normalized spacial score (nSPS) is 25.7. The maximum absolute atomic E-state index is 12.4. The highest BCUT2D eigenvalue weighted by molar-refractivity contribution is 7.88. The quantitative estimate of drug-likeness (QED) is 0.776. The lowest BCUT2D eigenvalue weighted by Gasteiger charge is -2.28. The van der Waals surface area contributed by atoms with Crippen molar-refractivity contribution in [3.8, 4) is 0 Å². The average molecular weight is 388 g/mol. The van der Waals surface area contributed by atoms with Gasteiger partial charge in [0.05, 0.1) is 24.6 Å². The minimum Gasteiger partial charge on any atom is -0.378 e. The second kappa shape index (κ2) is 7.18. The minimum absolute atomic E-state index is 0.128. The molecule has 2 saturated heterocycles. The average Bonchev–Trinajstić information content (AvgIpc) is 3.20. The topological polar surface area (TPSA) is 75.6 Å². The van der Waals surface area contributed by atoms with E-state index in [2.05, 4.69) is 14.9 Å². The number of fused-ring (bicyclic) bond motifs is 1. The van der Waals surface area contributed by atoms with Crippen LogP contribution in [0.25, 0.3) is 0 Å². The van der Waals surface area contributed by atoms with E-state index in [9.17, 15) is 8.42 Å². The SMILES string of the molecule is COCc1cc(N2C[C@@H]3CN(S(C)(=O)=O)[C@@H](c4ccccc4)[C@@H]3C2)ncn1. The Morgan fingerprint density at radius 1 is 1.15 bits per heavy atom. The number of hydrogen-bond donors (Lipinski definition) is 0. The van der Waals surface area contributed by atoms with Gasteiger partial charge in [0, 0.05) is 38.7 Å². The highest BCUT2D eigenvalue weighted by Gasteiger charge is 2.50. The van der Waals surface area contributed by atoms with E-state index in [1.165, 1.54) is 6.26 Å². The van der Waals surface area contributed by atoms with Gasteiger partial charge in [-0.25, -0.2) is 18.4 Å². The standard InChI is InChI=1S/C19H24N4O3S/c1-26-12-16-8-18(21-13-20-16)22-9-15-10-23(27(2,24)25)19(17(15)11-22)14-6-4-3-5-7-14/h3-8,13,15,17,19H,9-12H2,1-2H3/t15-,17-,19+/m1/s1. The molecule has 0 radical (unpaired) electrons. The van der Waals surface area contributed by atoms with Crippen molar-refractivity contribution in [3.05, 3.63) is 54.0 Å². The number of nitrogens with zero attached hydrogens (tertiary/aromatic N) is 4. The van der Waals surface area contributed by atoms with Crippen LogP contribution in [-0.4, -0.2) is 55.7 Å². The zero-order valence-electron chi connectivity index (χ0n) is 15.5. The molecule has 4 rings (SSSR count). The number of benzene rings is 1. The van der Waals surface area contributed by atoms with Crippen LogP contribution in [0, 0.1) is 11.8 Å². The van der Waals surface area contributed by atoms with Gasteiger partial charge in [-0.3, -0.25) is 0 Å². The molecule has 0 saturated carbocycles. The second-order valence-corrected chi connectivity index (χ2v) is 9.25. The fraction of sp³-hybridized carbons (Fsp3) is 0.474. The first-order valence-corrected chi connectivity index (χ1v) is 10.9. The number of methoxy groups -OCH3 is 1. The summed E-state index contributed by atoms with van der Waals surface area (Å²) in [4.78, 5) is 10.9. The molecule has 3 atom stereocenters. The summed E-state index contributed by atoms with van der Waals surface area (Å²) in [5, 5.41) is 0. The molecule has 0 bridgehead atoms. The van der Waals surface area contributed by atoms with Gasteiger partial charge < -0.3 is 9.64 Å². The summed E-state index contributed by atoms with van der Waals surface area (Å²) in [6, 6.07) is 11.8. The van der Waals surface area contributed by atoms with Gasteiger partial charge in [-0.1, -0.05) is 30.3 Å². The summed E-state index contributed by atoms with van der Waals surface area (Å²) < 4.78 is 31.6. The number of rotatable bonds is 5. The van der Waals surface area contributed by atoms with Gasteiger partial charge in [0.1, 0.15) is 12.1 Å². The highest BCUT2D eigenvalue weighted by Crippen LogP contribution is 2.46. The molecule has 3 heterocycles. The Morgan fingerprint density at radius 3 is 2.63 bits per heavy atom. The van der Waals surface area contributed by atoms with E-state index >= 15 is 0 Å². The van der Waals surface area contributed by atoms with Crippen LogP contribution in [0.2, 0.25) is 0 Å². The van der Waals surface area contributed by atoms with E-state index in [0.29, 0.717) is 13.2 Å². The molecule has 2 aliphatic rings. The Morgan fingerprint density at radius 2 is 1.93 bits per heavy atom. The van der Waals surface area contributed by atoms with Crippen LogP contribution in [0.4, 0.5) is 5.82 Å². The third kappa shape index (κ3) is 3.56. The van der Waals surface area contributed by atoms with Crippen molar-refractivity contribution in [1.29, 1.82) is 0 Å². The van der Waals surface area contributed by atoms with Crippen molar-refractivity contribution < 1.29 is 13.2 Å². The summed E-state index contributed by atoms with van der Waals surface area (Å²) in [7, 11) is -1.62. The molecule has 7 nitrogen and oxygen atoms in total. The van der Waals surface area contributed by atoms with E-state index in [1.54, 1.807) is 17.7 Å². The number of sulfonamides is 1. The number of anilines is 1. The molecule has 0 N–H and O–H groups in total. The van der Waals surface area contributed by atoms with Gasteiger partial charge in [0.15, 0.2) is 0 Å². The molecule has 144 valence electrons. The van der Waals surface area contributed by atoms with Crippen molar-refractivity contribution in [2.24, 2.45) is 11.8 Å². The fourth-order valence-corrected chi connectivity index (χ4v) is 5.54. The van der Waals surface area contributed by atoms with Crippen molar-refractivity contribution in [3.63, 3.8) is 0 Å². The van der Waals surface area contributed by atoms with Gasteiger partial charge in [0.25, 0.3) is 0 Å². The predicted molar refractivity (Wildman–Crippen MR) is 103 cm³/mol. The molecule has 0 spiro atoms. The molecular weight excluding hydrogens is 364 g/mol. The van der Waals surface area contributed by atoms with Gasteiger partial charge in [-0.15, -0.1) is 0 Å². The van der Waals surface area contributed by atoms with Crippen molar-refractivity contribution in [2.45, 2.75) is 12.6 Å². The maximum atomic E-state index is 12.4. The molecule has 2 fully saturated rings. The smallest absolute Gasteiger partial charge is 0.211 e. The van der Waals surface area contributed by atoms with Crippen LogP contribution in [0.1, 0.15) is 17.3 Å². The summed E-state index contributed by atoms with van der Waals surface area (Å²) in [5.74, 6) is 1.40. The molecule has 1 aromatic carbocycles. The molecule has 8 heteroatoms. The Bertz CT molecular complexity index is 906. The number of aromatic nitrogens is 2. The van der Waals surface area contributed by atoms with E-state index in [0.717, 1.165) is 30.2 Å². The summed E-state index contributed by atoms with van der Waals surface area (Å²) in [5.41, 5.74) is 1.90. The Balaban J connectivity index is 1.62. The van der Waals surface area contributed by atoms with Crippen LogP contribution in [-0.2, 0) is 21.4 Å². The van der Waals surface area contributed by atoms with E-state index < -0.39 is 10.0 Å². The largest absolute Gasteiger partial charge is 0.378 e. The lowest BCUT2D eigenvalue weighted by atomic mass is 9.90. The van der Waals surface area contributed by atoms with E-state index in [1.807, 2.05) is 36.4 Å². The van der Waals surface area contributed by atoms with Gasteiger partial charge in [-0.2, -0.15) is 4.31 Å². The molecule has 0 amide bonds. The third-order valence-electron chi connectivity index (χ3n) is 5.51. The molecule has 2 aliphatic heterocycles. The Labute approximate surface area is 160 Å². The van der Waals surface area contributed by atoms with Crippen molar-refractivity contribution in [1.82, 2.24) is 14.3 Å². The highest BCUT2D eigenvalue weighted by atomic mass is 32.2. The summed E-state index contributed by atoms with van der Waals surface area (Å²) >= 11 is 0. The molecule has 27 heavy (non-hydrogen) atoms. The Kier molecular flexibility index (Phi) is 4.88. The lowest BCUT2D eigenvalue weighted by Crippen LogP contribution is -2.35. The summed E-state index contributed by atoms with van der Waals surface area (Å²) in [6.45, 7) is 2.57. The second-order valence-electron chi connectivity index (χ2n) is 7.32. The van der Waals surface area contributed by atoms with Gasteiger partial charge in [-0.05, 0) is 11.5 Å². The van der Waals surface area contributed by atoms with Crippen LogP contribution in [0.3, 0.4) is 0 Å². The van der Waals surface area contributed by atoms with Crippen LogP contribution in [0.5, 0.6) is 0 Å². The van der Waals surface area contributed by atoms with Gasteiger partial charge in [0.2, 0.25) is 10.0 Å². The van der Waals surface area contributed by atoms with Crippen LogP contribution >= 0.6 is 0 Å². The lowest BCUT2D eigenvalue weighted by molar-refractivity contribution is 0.181. The Hall–Kier alpha value is -2.03. The van der Waals surface area contributed by atoms with Crippen molar-refractivity contribution >= 4 is 15.8 Å². The molecule has 0 aliphatic carbocycles. The zero-order chi connectivity index (χ0) is 19.0. The number of hydrogen-bond acceptors (Lipinski definition) is 6. The predicted octanol–water partition coefficient (Wildman–Crippen LogP) is 1.69. The van der Waals surface area contributed by atoms with Crippen LogP contribution in [0.15, 0.2) is 42.7 Å². The number of ether oxygens (including phenoxy) is 1. The third-order valence-corrected chi connectivity index (χ3v) is 6.74. The minimum atomic E-state index is -3.27. The zero-order valence-corrected chi connectivity index (χ0v) is 16.3. The fourth-order valence-electron chi connectivity index (χ4n) is 4.38. The molecule has 0 unspecified atom stereocenters.